The van der Waals surface area contributed by atoms with Crippen LogP contribution in [0, 0.1) is 5.82 Å². The number of halogens is 1. The number of ether oxygens (including phenoxy) is 1. The first kappa shape index (κ1) is 29.3. The van der Waals surface area contributed by atoms with Crippen LogP contribution in [0.3, 0.4) is 0 Å². The third kappa shape index (κ3) is 5.40. The van der Waals surface area contributed by atoms with E-state index in [2.05, 4.69) is 34.5 Å². The molecule has 8 nitrogen and oxygen atoms in total. The van der Waals surface area contributed by atoms with Gasteiger partial charge in [-0.15, -0.1) is 10.2 Å². The van der Waals surface area contributed by atoms with Gasteiger partial charge in [-0.2, -0.15) is 0 Å². The van der Waals surface area contributed by atoms with Gasteiger partial charge in [-0.25, -0.2) is 4.39 Å². The van der Waals surface area contributed by atoms with E-state index in [1.165, 1.54) is 47.2 Å². The van der Waals surface area contributed by atoms with Gasteiger partial charge < -0.3 is 14.7 Å². The van der Waals surface area contributed by atoms with Crippen LogP contribution < -0.4 is 14.5 Å². The Hall–Kier alpha value is -4.74. The molecule has 6 rings (SSSR count). The summed E-state index contributed by atoms with van der Waals surface area (Å²) in [5, 5.41) is 22.5. The third-order valence-electron chi connectivity index (χ3n) is 7.43. The van der Waals surface area contributed by atoms with E-state index in [0.29, 0.717) is 15.7 Å². The van der Waals surface area contributed by atoms with Crippen molar-refractivity contribution in [3.05, 3.63) is 113 Å². The summed E-state index contributed by atoms with van der Waals surface area (Å²) in [5.41, 5.74) is 2.49. The summed E-state index contributed by atoms with van der Waals surface area (Å²) in [5.74, 6) is -2.35. The van der Waals surface area contributed by atoms with Crippen molar-refractivity contribution in [2.75, 3.05) is 31.0 Å². The molecule has 44 heavy (non-hydrogen) atoms. The molecule has 4 aromatic carbocycles. The fraction of sp³-hybridized carbons (Fsp3) is 0.152. The summed E-state index contributed by atoms with van der Waals surface area (Å²) in [6, 6.07) is 24.4. The summed E-state index contributed by atoms with van der Waals surface area (Å²) in [6.45, 7) is 0. The standard InChI is InChI=1S/C33H27FN4O4S2/c1-37(2)23-14-11-20(12-15-23)28-27(29(39)21-13-16-26(42-3)25(34)17-21)30(40)31(41)38(28)32-35-36-33(44-32)43-18-22-9-6-8-19-7-4-5-10-24(19)22/h4-17,28,39H,18H2,1-3H3/t28-/m1/s1. The minimum Gasteiger partial charge on any atom is -0.507 e. The Balaban J connectivity index is 1.38. The predicted octanol–water partition coefficient (Wildman–Crippen LogP) is 6.82. The van der Waals surface area contributed by atoms with Crippen molar-refractivity contribution < 1.29 is 23.8 Å². The van der Waals surface area contributed by atoms with Crippen molar-refractivity contribution in [3.8, 4) is 5.75 Å². The summed E-state index contributed by atoms with van der Waals surface area (Å²) in [7, 11) is 5.13. The lowest BCUT2D eigenvalue weighted by molar-refractivity contribution is -0.132. The molecule has 0 aliphatic carbocycles. The van der Waals surface area contributed by atoms with Gasteiger partial charge in [-0.1, -0.05) is 77.7 Å². The van der Waals surface area contributed by atoms with Crippen LogP contribution in [-0.4, -0.2) is 48.2 Å². The fourth-order valence-electron chi connectivity index (χ4n) is 5.19. The van der Waals surface area contributed by atoms with E-state index in [4.69, 9.17) is 4.74 Å². The number of Topliss-reactive ketones (excluding diaryl/α,β-unsaturated/α-hetero) is 1. The maximum atomic E-state index is 14.6. The highest BCUT2D eigenvalue weighted by atomic mass is 32.2. The Morgan fingerprint density at radius 1 is 1.02 bits per heavy atom. The Morgan fingerprint density at radius 3 is 2.50 bits per heavy atom. The lowest BCUT2D eigenvalue weighted by Crippen LogP contribution is -2.29. The van der Waals surface area contributed by atoms with Crippen LogP contribution >= 0.6 is 23.1 Å². The molecule has 1 atom stereocenters. The first-order valence-electron chi connectivity index (χ1n) is 13.6. The lowest BCUT2D eigenvalue weighted by atomic mass is 9.95. The van der Waals surface area contributed by atoms with Gasteiger partial charge in [0, 0.05) is 31.1 Å². The van der Waals surface area contributed by atoms with E-state index in [1.54, 1.807) is 12.1 Å². The van der Waals surface area contributed by atoms with Crippen LogP contribution in [0.4, 0.5) is 15.2 Å². The van der Waals surface area contributed by atoms with Crippen LogP contribution in [0.25, 0.3) is 16.5 Å². The average molecular weight is 627 g/mol. The molecular weight excluding hydrogens is 600 g/mol. The smallest absolute Gasteiger partial charge is 0.301 e. The van der Waals surface area contributed by atoms with Crippen LogP contribution in [0.2, 0.25) is 0 Å². The monoisotopic (exact) mass is 626 g/mol. The molecule has 1 N–H and O–H groups in total. The first-order valence-corrected chi connectivity index (χ1v) is 15.4. The molecular formula is C33H27FN4O4S2. The fourth-order valence-corrected chi connectivity index (χ4v) is 7.06. The lowest BCUT2D eigenvalue weighted by Gasteiger charge is -2.23. The number of aromatic nitrogens is 2. The normalized spacial score (nSPS) is 16.1. The maximum Gasteiger partial charge on any atom is 0.301 e. The van der Waals surface area contributed by atoms with Gasteiger partial charge in [0.15, 0.2) is 15.9 Å². The van der Waals surface area contributed by atoms with Crippen molar-refractivity contribution in [2.45, 2.75) is 16.1 Å². The van der Waals surface area contributed by atoms with Crippen molar-refractivity contribution in [3.63, 3.8) is 0 Å². The number of hydrogen-bond acceptors (Lipinski definition) is 9. The molecule has 5 aromatic rings. The third-order valence-corrected chi connectivity index (χ3v) is 9.53. The number of hydrogen-bond donors (Lipinski definition) is 1. The Kier molecular flexibility index (Phi) is 8.07. The highest BCUT2D eigenvalue weighted by molar-refractivity contribution is 8.00. The van der Waals surface area contributed by atoms with E-state index in [9.17, 15) is 19.1 Å². The Labute approximate surface area is 261 Å². The number of carbonyl (C=O) groups excluding carboxylic acids is 2. The molecule has 0 saturated carbocycles. The maximum absolute atomic E-state index is 14.6. The minimum atomic E-state index is -1.01. The van der Waals surface area contributed by atoms with Gasteiger partial charge in [0.25, 0.3) is 5.78 Å². The Morgan fingerprint density at radius 2 is 1.77 bits per heavy atom. The first-order chi connectivity index (χ1) is 21.3. The van der Waals surface area contributed by atoms with Crippen molar-refractivity contribution in [1.29, 1.82) is 0 Å². The summed E-state index contributed by atoms with van der Waals surface area (Å²) in [6.07, 6.45) is 0. The van der Waals surface area contributed by atoms with Gasteiger partial charge in [0.2, 0.25) is 5.13 Å². The highest BCUT2D eigenvalue weighted by Gasteiger charge is 2.48. The number of nitrogens with zero attached hydrogens (tertiary/aromatic N) is 4. The SMILES string of the molecule is COc1ccc(C(O)=C2C(=O)C(=O)N(c3nnc(SCc4cccc5ccccc45)s3)[C@@H]2c2ccc(N(C)C)cc2)cc1F. The van der Waals surface area contributed by atoms with Crippen molar-refractivity contribution in [1.82, 2.24) is 10.2 Å². The largest absolute Gasteiger partial charge is 0.507 e. The zero-order chi connectivity index (χ0) is 31.0. The number of ketones is 1. The summed E-state index contributed by atoms with van der Waals surface area (Å²) in [4.78, 5) is 30.3. The molecule has 0 spiro atoms. The number of fused-ring (bicyclic) bond motifs is 1. The summed E-state index contributed by atoms with van der Waals surface area (Å²) >= 11 is 2.67. The van der Waals surface area contributed by atoms with E-state index < -0.39 is 29.3 Å². The minimum absolute atomic E-state index is 0.0137. The molecule has 1 aliphatic heterocycles. The Bertz CT molecular complexity index is 1920. The molecule has 1 aromatic heterocycles. The molecule has 0 bridgehead atoms. The zero-order valence-corrected chi connectivity index (χ0v) is 25.7. The zero-order valence-electron chi connectivity index (χ0n) is 24.0. The molecule has 1 saturated heterocycles. The number of thioether (sulfide) groups is 1. The van der Waals surface area contributed by atoms with Crippen molar-refractivity contribution in [2.24, 2.45) is 0 Å². The van der Waals surface area contributed by atoms with E-state index >= 15 is 0 Å². The van der Waals surface area contributed by atoms with E-state index in [0.717, 1.165) is 28.1 Å². The number of amides is 1. The molecule has 0 radical (unpaired) electrons. The molecule has 1 fully saturated rings. The number of benzene rings is 4. The topological polar surface area (TPSA) is 95.9 Å². The van der Waals surface area contributed by atoms with Crippen LogP contribution in [-0.2, 0) is 15.3 Å². The van der Waals surface area contributed by atoms with Gasteiger partial charge in [0.05, 0.1) is 18.7 Å². The molecule has 2 heterocycles. The summed E-state index contributed by atoms with van der Waals surface area (Å²) < 4.78 is 20.2. The molecule has 0 unspecified atom stereocenters. The van der Waals surface area contributed by atoms with Crippen LogP contribution in [0.5, 0.6) is 5.75 Å². The van der Waals surface area contributed by atoms with Gasteiger partial charge in [0.1, 0.15) is 5.76 Å². The van der Waals surface area contributed by atoms with Gasteiger partial charge in [-0.05, 0) is 52.2 Å². The highest BCUT2D eigenvalue weighted by Crippen LogP contribution is 2.44. The second kappa shape index (κ2) is 12.1. The number of carbonyl (C=O) groups is 2. The quantitative estimate of drug-likeness (QED) is 0.0659. The number of anilines is 2. The predicted molar refractivity (Wildman–Crippen MR) is 172 cm³/mol. The number of rotatable bonds is 8. The second-order valence-electron chi connectivity index (χ2n) is 10.3. The molecule has 11 heteroatoms. The van der Waals surface area contributed by atoms with Crippen LogP contribution in [0.1, 0.15) is 22.7 Å². The average Bonchev–Trinajstić information content (AvgIpc) is 3.61. The van der Waals surface area contributed by atoms with Crippen molar-refractivity contribution >= 4 is 62.1 Å². The molecule has 1 amide bonds. The van der Waals surface area contributed by atoms with Crippen LogP contribution in [0.15, 0.2) is 94.8 Å². The number of aliphatic hydroxyl groups is 1. The molecule has 222 valence electrons. The van der Waals surface area contributed by atoms with E-state index in [-0.39, 0.29) is 22.0 Å². The second-order valence-corrected chi connectivity index (χ2v) is 12.5. The van der Waals surface area contributed by atoms with Gasteiger partial charge in [-0.3, -0.25) is 14.5 Å². The van der Waals surface area contributed by atoms with Gasteiger partial charge >= 0.3 is 5.91 Å². The number of methoxy groups -OCH3 is 1. The molecule has 1 aliphatic rings. The number of aliphatic hydroxyl groups excluding tert-OH is 1. The van der Waals surface area contributed by atoms with E-state index in [1.807, 2.05) is 49.3 Å².